The van der Waals surface area contributed by atoms with Crippen LogP contribution >= 0.6 is 0 Å². The van der Waals surface area contributed by atoms with Crippen LogP contribution in [0.15, 0.2) is 56.4 Å². The van der Waals surface area contributed by atoms with E-state index in [1.807, 2.05) is 13.0 Å². The zero-order valence-corrected chi connectivity index (χ0v) is 12.5. The van der Waals surface area contributed by atoms with Crippen LogP contribution in [0.2, 0.25) is 0 Å². The minimum Gasteiger partial charge on any atom is -0.459 e. The summed E-state index contributed by atoms with van der Waals surface area (Å²) in [5.41, 5.74) is 0.921. The van der Waals surface area contributed by atoms with Gasteiger partial charge in [0.15, 0.2) is 5.76 Å². The van der Waals surface area contributed by atoms with Crippen molar-refractivity contribution in [3.05, 3.63) is 48.2 Å². The zero-order chi connectivity index (χ0) is 15.6. The monoisotopic (exact) mass is 319 g/mol. The fourth-order valence-electron chi connectivity index (χ4n) is 1.87. The molecule has 1 aromatic carbocycles. The first kappa shape index (κ1) is 14.3. The molecule has 0 amide bonds. The predicted molar refractivity (Wildman–Crippen MR) is 78.6 cm³/mol. The van der Waals surface area contributed by atoms with Gasteiger partial charge < -0.3 is 8.83 Å². The van der Waals surface area contributed by atoms with Crippen molar-refractivity contribution in [2.45, 2.75) is 18.2 Å². The lowest BCUT2D eigenvalue weighted by Crippen LogP contribution is -2.13. The van der Waals surface area contributed by atoms with Gasteiger partial charge in [0, 0.05) is 0 Å². The number of nitrogens with one attached hydrogen (secondary N) is 1. The average molecular weight is 319 g/mol. The minimum atomic E-state index is -3.78. The number of furan rings is 1. The maximum Gasteiger partial charge on any atom is 0.330 e. The molecule has 0 spiro atoms. The maximum atomic E-state index is 12.3. The van der Waals surface area contributed by atoms with Crippen LogP contribution in [-0.4, -0.2) is 18.6 Å². The first-order valence-electron chi connectivity index (χ1n) is 6.57. The summed E-state index contributed by atoms with van der Waals surface area (Å²) in [5, 5.41) is 7.39. The van der Waals surface area contributed by atoms with Crippen molar-refractivity contribution in [3.63, 3.8) is 0 Å². The van der Waals surface area contributed by atoms with E-state index >= 15 is 0 Å². The topological polar surface area (TPSA) is 98.2 Å². The number of hydrogen-bond donors (Lipinski definition) is 1. The minimum absolute atomic E-state index is 0.102. The summed E-state index contributed by atoms with van der Waals surface area (Å²) in [6.45, 7) is 1.95. The molecular weight excluding hydrogens is 306 g/mol. The van der Waals surface area contributed by atoms with Crippen LogP contribution in [0.3, 0.4) is 0 Å². The van der Waals surface area contributed by atoms with Gasteiger partial charge in [0.2, 0.25) is 0 Å². The Morgan fingerprint density at radius 3 is 2.77 bits per heavy atom. The standard InChI is InChI=1S/C14H13N3O4S/c1-2-10-5-3-6-11(9-10)22(18,19)17-14-16-15-13(21-14)12-7-4-8-20-12/h3-9H,2H2,1H3,(H,16,17). The fourth-order valence-corrected chi connectivity index (χ4v) is 2.87. The summed E-state index contributed by atoms with van der Waals surface area (Å²) in [5.74, 6) is 0.468. The van der Waals surface area contributed by atoms with Crippen molar-refractivity contribution in [1.29, 1.82) is 0 Å². The molecular formula is C14H13N3O4S. The van der Waals surface area contributed by atoms with E-state index in [4.69, 9.17) is 8.83 Å². The second kappa shape index (κ2) is 5.64. The van der Waals surface area contributed by atoms with E-state index in [-0.39, 0.29) is 16.8 Å². The quantitative estimate of drug-likeness (QED) is 0.776. The summed E-state index contributed by atoms with van der Waals surface area (Å²) in [7, 11) is -3.78. The molecule has 2 aromatic heterocycles. The third kappa shape index (κ3) is 2.86. The molecule has 0 radical (unpaired) electrons. The molecule has 0 saturated heterocycles. The van der Waals surface area contributed by atoms with E-state index in [1.54, 1.807) is 24.3 Å². The average Bonchev–Trinajstić information content (AvgIpc) is 3.18. The summed E-state index contributed by atoms with van der Waals surface area (Å²) >= 11 is 0. The van der Waals surface area contributed by atoms with E-state index < -0.39 is 10.0 Å². The van der Waals surface area contributed by atoms with E-state index in [0.717, 1.165) is 12.0 Å². The highest BCUT2D eigenvalue weighted by molar-refractivity contribution is 7.92. The molecule has 0 aliphatic carbocycles. The molecule has 3 aromatic rings. The molecule has 3 rings (SSSR count). The Morgan fingerprint density at radius 1 is 1.18 bits per heavy atom. The lowest BCUT2D eigenvalue weighted by molar-refractivity contribution is 0.524. The van der Waals surface area contributed by atoms with Gasteiger partial charge in [-0.2, -0.15) is 0 Å². The highest BCUT2D eigenvalue weighted by Gasteiger charge is 2.19. The van der Waals surface area contributed by atoms with Crippen LogP contribution in [0.25, 0.3) is 11.7 Å². The SMILES string of the molecule is CCc1cccc(S(=O)(=O)Nc2nnc(-c3ccco3)o2)c1. The molecule has 0 bridgehead atoms. The molecule has 0 saturated carbocycles. The van der Waals surface area contributed by atoms with Crippen LogP contribution < -0.4 is 4.72 Å². The van der Waals surface area contributed by atoms with Gasteiger partial charge in [-0.15, -0.1) is 5.10 Å². The smallest absolute Gasteiger partial charge is 0.330 e. The fraction of sp³-hybridized carbons (Fsp3) is 0.143. The molecule has 1 N–H and O–H groups in total. The third-order valence-electron chi connectivity index (χ3n) is 3.00. The number of hydrogen-bond acceptors (Lipinski definition) is 6. The highest BCUT2D eigenvalue weighted by Crippen LogP contribution is 2.22. The van der Waals surface area contributed by atoms with Crippen LogP contribution in [0, 0.1) is 0 Å². The maximum absolute atomic E-state index is 12.3. The van der Waals surface area contributed by atoms with Crippen molar-refractivity contribution in [3.8, 4) is 11.7 Å². The van der Waals surface area contributed by atoms with E-state index in [1.165, 1.54) is 12.3 Å². The van der Waals surface area contributed by atoms with Crippen LogP contribution in [-0.2, 0) is 16.4 Å². The van der Waals surface area contributed by atoms with Crippen molar-refractivity contribution >= 4 is 16.0 Å². The van der Waals surface area contributed by atoms with Gasteiger partial charge in [-0.3, -0.25) is 0 Å². The lowest BCUT2D eigenvalue weighted by Gasteiger charge is -2.05. The Kier molecular flexibility index (Phi) is 3.68. The van der Waals surface area contributed by atoms with E-state index in [0.29, 0.717) is 5.76 Å². The summed E-state index contributed by atoms with van der Waals surface area (Å²) in [6, 6.07) is 9.75. The Hall–Kier alpha value is -2.61. The lowest BCUT2D eigenvalue weighted by atomic mass is 10.2. The molecule has 8 heteroatoms. The van der Waals surface area contributed by atoms with Crippen LogP contribution in [0.4, 0.5) is 6.01 Å². The molecule has 7 nitrogen and oxygen atoms in total. The Labute approximate surface area is 127 Å². The molecule has 0 unspecified atom stereocenters. The van der Waals surface area contributed by atoms with Gasteiger partial charge in [0.1, 0.15) is 0 Å². The Morgan fingerprint density at radius 2 is 2.05 bits per heavy atom. The van der Waals surface area contributed by atoms with Gasteiger partial charge in [0.25, 0.3) is 15.9 Å². The molecule has 0 aliphatic rings. The van der Waals surface area contributed by atoms with Crippen molar-refractivity contribution in [1.82, 2.24) is 10.2 Å². The predicted octanol–water partition coefficient (Wildman–Crippen LogP) is 2.69. The second-order valence-electron chi connectivity index (χ2n) is 4.50. The second-order valence-corrected chi connectivity index (χ2v) is 6.18. The molecule has 0 aliphatic heterocycles. The van der Waals surface area contributed by atoms with E-state index in [2.05, 4.69) is 14.9 Å². The first-order valence-corrected chi connectivity index (χ1v) is 8.06. The Bertz CT molecular complexity index is 869. The normalized spacial score (nSPS) is 11.5. The van der Waals surface area contributed by atoms with Gasteiger partial charge >= 0.3 is 6.01 Å². The number of sulfonamides is 1. The Balaban J connectivity index is 1.85. The summed E-state index contributed by atoms with van der Waals surface area (Å²) < 4.78 is 37.2. The number of rotatable bonds is 5. The molecule has 0 atom stereocenters. The number of benzene rings is 1. The van der Waals surface area contributed by atoms with Gasteiger partial charge in [-0.05, 0) is 36.2 Å². The molecule has 2 heterocycles. The zero-order valence-electron chi connectivity index (χ0n) is 11.7. The largest absolute Gasteiger partial charge is 0.459 e. The van der Waals surface area contributed by atoms with Crippen LogP contribution in [0.1, 0.15) is 12.5 Å². The first-order chi connectivity index (χ1) is 10.6. The summed E-state index contributed by atoms with van der Waals surface area (Å²) in [4.78, 5) is 0.143. The van der Waals surface area contributed by atoms with Gasteiger partial charge in [-0.1, -0.05) is 24.2 Å². The molecule has 114 valence electrons. The van der Waals surface area contributed by atoms with Crippen molar-refractivity contribution in [2.75, 3.05) is 4.72 Å². The van der Waals surface area contributed by atoms with E-state index in [9.17, 15) is 8.42 Å². The van der Waals surface area contributed by atoms with Crippen LogP contribution in [0.5, 0.6) is 0 Å². The number of aryl methyl sites for hydroxylation is 1. The van der Waals surface area contributed by atoms with Gasteiger partial charge in [-0.25, -0.2) is 13.1 Å². The third-order valence-corrected chi connectivity index (χ3v) is 4.31. The molecule has 0 fully saturated rings. The van der Waals surface area contributed by atoms with Crippen molar-refractivity contribution in [2.24, 2.45) is 0 Å². The van der Waals surface area contributed by atoms with Crippen molar-refractivity contribution < 1.29 is 17.3 Å². The number of nitrogens with zero attached hydrogens (tertiary/aromatic N) is 2. The number of anilines is 1. The summed E-state index contributed by atoms with van der Waals surface area (Å²) in [6.07, 6.45) is 2.20. The van der Waals surface area contributed by atoms with Gasteiger partial charge in [0.05, 0.1) is 11.2 Å². The number of aromatic nitrogens is 2. The highest BCUT2D eigenvalue weighted by atomic mass is 32.2. The molecule has 22 heavy (non-hydrogen) atoms.